The predicted molar refractivity (Wildman–Crippen MR) is 119 cm³/mol. The molecule has 0 saturated carbocycles. The number of fused-ring (bicyclic) bond motifs is 2. The van der Waals surface area contributed by atoms with Crippen LogP contribution >= 0.6 is 11.8 Å². The molecule has 160 valence electrons. The Bertz CT molecular complexity index is 1090. The second-order valence-electron chi connectivity index (χ2n) is 7.25. The van der Waals surface area contributed by atoms with Crippen molar-refractivity contribution in [2.24, 2.45) is 5.10 Å². The van der Waals surface area contributed by atoms with E-state index in [1.165, 1.54) is 18.9 Å². The molecule has 2 heterocycles. The first-order valence-corrected chi connectivity index (χ1v) is 10.6. The van der Waals surface area contributed by atoms with Crippen molar-refractivity contribution in [1.29, 1.82) is 0 Å². The molecule has 31 heavy (non-hydrogen) atoms. The number of aryl methyl sites for hydroxylation is 1. The van der Waals surface area contributed by atoms with Crippen molar-refractivity contribution in [2.45, 2.75) is 25.6 Å². The number of rotatable bonds is 4. The Labute approximate surface area is 184 Å². The lowest BCUT2D eigenvalue weighted by atomic mass is 10.0. The molecule has 0 unspecified atom stereocenters. The lowest BCUT2D eigenvalue weighted by molar-refractivity contribution is -0.139. The van der Waals surface area contributed by atoms with Gasteiger partial charge in [0.2, 0.25) is 16.7 Å². The first kappa shape index (κ1) is 20.9. The van der Waals surface area contributed by atoms with Gasteiger partial charge in [-0.2, -0.15) is 5.01 Å². The zero-order chi connectivity index (χ0) is 22.2. The third kappa shape index (κ3) is 3.54. The fraction of sp³-hybridized carbons (Fsp3) is 0.273. The molecule has 1 N–H and O–H groups in total. The fourth-order valence-electron chi connectivity index (χ4n) is 3.84. The van der Waals surface area contributed by atoms with E-state index < -0.39 is 10.8 Å². The van der Waals surface area contributed by atoms with E-state index in [2.05, 4.69) is 10.4 Å². The molecule has 0 saturated heterocycles. The SMILES string of the molecule is CC(=O)NC1=NN(C(C)=O)[C@]2(S1)C(=O)N(CCOc1ccccc1)c1c(C)cccc12. The van der Waals surface area contributed by atoms with Crippen LogP contribution in [0.15, 0.2) is 53.6 Å². The monoisotopic (exact) mass is 438 g/mol. The zero-order valence-electron chi connectivity index (χ0n) is 17.4. The molecule has 8 nitrogen and oxygen atoms in total. The number of para-hydroxylation sites is 2. The maximum atomic E-state index is 13.8. The highest BCUT2D eigenvalue weighted by Crippen LogP contribution is 2.55. The Morgan fingerprint density at radius 3 is 2.55 bits per heavy atom. The van der Waals surface area contributed by atoms with Gasteiger partial charge in [-0.25, -0.2) is 0 Å². The number of amidine groups is 1. The summed E-state index contributed by atoms with van der Waals surface area (Å²) in [4.78, 5) is 38.1. The van der Waals surface area contributed by atoms with Crippen LogP contribution in [0, 0.1) is 6.92 Å². The van der Waals surface area contributed by atoms with E-state index in [-0.39, 0.29) is 23.6 Å². The van der Waals surface area contributed by atoms with Crippen molar-refractivity contribution >= 4 is 40.3 Å². The summed E-state index contributed by atoms with van der Waals surface area (Å²) in [7, 11) is 0. The van der Waals surface area contributed by atoms with E-state index >= 15 is 0 Å². The molecule has 0 bridgehead atoms. The van der Waals surface area contributed by atoms with Crippen molar-refractivity contribution in [3.8, 4) is 5.75 Å². The minimum Gasteiger partial charge on any atom is -0.492 e. The number of nitrogens with one attached hydrogen (secondary N) is 1. The summed E-state index contributed by atoms with van der Waals surface area (Å²) in [5, 5.41) is 8.25. The summed E-state index contributed by atoms with van der Waals surface area (Å²) < 4.78 is 5.80. The predicted octanol–water partition coefficient (Wildman–Crippen LogP) is 2.58. The fourth-order valence-corrected chi connectivity index (χ4v) is 5.16. The third-order valence-corrected chi connectivity index (χ3v) is 6.29. The maximum absolute atomic E-state index is 13.8. The van der Waals surface area contributed by atoms with Crippen LogP contribution < -0.4 is 15.0 Å². The van der Waals surface area contributed by atoms with E-state index in [9.17, 15) is 14.4 Å². The second-order valence-corrected chi connectivity index (χ2v) is 8.43. The van der Waals surface area contributed by atoms with E-state index in [1.807, 2.05) is 55.5 Å². The largest absolute Gasteiger partial charge is 0.492 e. The number of amides is 3. The lowest BCUT2D eigenvalue weighted by Gasteiger charge is -2.29. The van der Waals surface area contributed by atoms with Gasteiger partial charge in [0.15, 0.2) is 5.17 Å². The quantitative estimate of drug-likeness (QED) is 0.792. The Balaban J connectivity index is 1.69. The number of hydrogen-bond acceptors (Lipinski definition) is 6. The Kier molecular flexibility index (Phi) is 5.45. The van der Waals surface area contributed by atoms with Gasteiger partial charge in [-0.05, 0) is 36.4 Å². The minimum atomic E-state index is -1.39. The molecule has 0 aliphatic carbocycles. The summed E-state index contributed by atoms with van der Waals surface area (Å²) in [6, 6.07) is 15.0. The van der Waals surface area contributed by atoms with Crippen molar-refractivity contribution in [1.82, 2.24) is 10.3 Å². The standard InChI is InChI=1S/C22H22N4O4S/c1-14-8-7-11-18-19(14)25(12-13-30-17-9-5-4-6-10-17)20(29)22(18)26(16(3)28)24-21(31-22)23-15(2)27/h4-11H,12-13H2,1-3H3,(H,23,24,27)/t22-/m1/s1. The second kappa shape index (κ2) is 8.07. The number of benzene rings is 2. The summed E-state index contributed by atoms with van der Waals surface area (Å²) in [5.74, 6) is -0.297. The smallest absolute Gasteiger partial charge is 0.270 e. The van der Waals surface area contributed by atoms with Crippen molar-refractivity contribution < 1.29 is 19.1 Å². The highest BCUT2D eigenvalue weighted by Gasteiger charge is 2.61. The van der Waals surface area contributed by atoms with Crippen LogP contribution in [0.5, 0.6) is 5.75 Å². The highest BCUT2D eigenvalue weighted by molar-refractivity contribution is 8.15. The van der Waals surface area contributed by atoms with Crippen molar-refractivity contribution in [3.63, 3.8) is 0 Å². The van der Waals surface area contributed by atoms with Gasteiger partial charge in [0.25, 0.3) is 5.91 Å². The first-order chi connectivity index (χ1) is 14.8. The van der Waals surface area contributed by atoms with Crippen molar-refractivity contribution in [2.75, 3.05) is 18.1 Å². The molecule has 0 fully saturated rings. The summed E-state index contributed by atoms with van der Waals surface area (Å²) >= 11 is 1.07. The van der Waals surface area contributed by atoms with Crippen LogP contribution in [0.1, 0.15) is 25.0 Å². The minimum absolute atomic E-state index is 0.214. The van der Waals surface area contributed by atoms with Gasteiger partial charge >= 0.3 is 0 Å². The van der Waals surface area contributed by atoms with Crippen LogP contribution in [-0.4, -0.2) is 41.0 Å². The van der Waals surface area contributed by atoms with Gasteiger partial charge in [0.1, 0.15) is 12.4 Å². The number of carbonyl (C=O) groups is 3. The van der Waals surface area contributed by atoms with Crippen molar-refractivity contribution in [3.05, 3.63) is 59.7 Å². The average molecular weight is 439 g/mol. The number of ether oxygens (including phenoxy) is 1. The first-order valence-electron chi connectivity index (χ1n) is 9.80. The number of thioether (sulfide) groups is 1. The molecule has 3 amide bonds. The summed E-state index contributed by atoms with van der Waals surface area (Å²) in [6.45, 7) is 5.21. The van der Waals surface area contributed by atoms with Gasteiger partial charge in [0, 0.05) is 19.4 Å². The molecule has 2 aliphatic heterocycles. The molecule has 0 radical (unpaired) electrons. The van der Waals surface area contributed by atoms with Gasteiger partial charge in [0.05, 0.1) is 12.2 Å². The average Bonchev–Trinajstić information content (AvgIpc) is 3.21. The van der Waals surface area contributed by atoms with Gasteiger partial charge < -0.3 is 15.0 Å². The number of nitrogens with zero attached hydrogens (tertiary/aromatic N) is 3. The molecule has 1 atom stereocenters. The van der Waals surface area contributed by atoms with E-state index in [1.54, 1.807) is 4.90 Å². The van der Waals surface area contributed by atoms with Gasteiger partial charge in [-0.1, -0.05) is 36.4 Å². The molecule has 0 aromatic heterocycles. The van der Waals surface area contributed by atoms with Crippen LogP contribution in [0.2, 0.25) is 0 Å². The Morgan fingerprint density at radius 1 is 1.13 bits per heavy atom. The molecule has 2 aromatic rings. The Hall–Kier alpha value is -3.33. The number of carbonyl (C=O) groups excluding carboxylic acids is 3. The molecule has 2 aromatic carbocycles. The Morgan fingerprint density at radius 2 is 1.87 bits per heavy atom. The molecule has 9 heteroatoms. The van der Waals surface area contributed by atoms with E-state index in [4.69, 9.17) is 4.74 Å². The van der Waals surface area contributed by atoms with E-state index in [0.717, 1.165) is 23.0 Å². The van der Waals surface area contributed by atoms with Crippen LogP contribution in [-0.2, 0) is 19.3 Å². The maximum Gasteiger partial charge on any atom is 0.270 e. The molecule has 2 aliphatic rings. The molecule has 4 rings (SSSR count). The van der Waals surface area contributed by atoms with Gasteiger partial charge in [-0.15, -0.1) is 5.10 Å². The van der Waals surface area contributed by atoms with Crippen LogP contribution in [0.4, 0.5) is 5.69 Å². The summed E-state index contributed by atoms with van der Waals surface area (Å²) in [6.07, 6.45) is 0. The number of hydrazone groups is 1. The normalized spacial score (nSPS) is 19.5. The number of hydrogen-bond donors (Lipinski definition) is 1. The lowest BCUT2D eigenvalue weighted by Crippen LogP contribution is -2.49. The zero-order valence-corrected chi connectivity index (χ0v) is 18.2. The third-order valence-electron chi connectivity index (χ3n) is 5.05. The van der Waals surface area contributed by atoms with Gasteiger partial charge in [-0.3, -0.25) is 14.4 Å². The topological polar surface area (TPSA) is 91.3 Å². The molecule has 1 spiro atoms. The van der Waals surface area contributed by atoms with Crippen LogP contribution in [0.25, 0.3) is 0 Å². The van der Waals surface area contributed by atoms with E-state index in [0.29, 0.717) is 17.9 Å². The van der Waals surface area contributed by atoms with Crippen LogP contribution in [0.3, 0.4) is 0 Å². The summed E-state index contributed by atoms with van der Waals surface area (Å²) in [5.41, 5.74) is 2.31. The molecular formula is C22H22N4O4S. The number of anilines is 1. The molecular weight excluding hydrogens is 416 g/mol. The highest BCUT2D eigenvalue weighted by atomic mass is 32.2.